The van der Waals surface area contributed by atoms with Crippen LogP contribution in [0.15, 0.2) is 22.8 Å². The van der Waals surface area contributed by atoms with E-state index in [1.807, 2.05) is 13.1 Å². The van der Waals surface area contributed by atoms with Crippen LogP contribution in [0.5, 0.6) is 0 Å². The Balaban J connectivity index is 2.69. The lowest BCUT2D eigenvalue weighted by Crippen LogP contribution is -2.24. The molecule has 0 aliphatic heterocycles. The molecule has 1 aromatic rings. The maximum Gasteiger partial charge on any atom is 0.120 e. The number of furan rings is 1. The molecule has 0 aromatic carbocycles. The second-order valence-corrected chi connectivity index (χ2v) is 4.12. The van der Waals surface area contributed by atoms with Gasteiger partial charge in [-0.1, -0.05) is 26.7 Å². The molecule has 0 spiro atoms. The molecule has 0 saturated carbocycles. The van der Waals surface area contributed by atoms with E-state index in [2.05, 4.69) is 25.2 Å². The zero-order valence-electron chi connectivity index (χ0n) is 10.1. The van der Waals surface area contributed by atoms with Crippen molar-refractivity contribution in [3.8, 4) is 0 Å². The molecule has 1 unspecified atom stereocenters. The van der Waals surface area contributed by atoms with Gasteiger partial charge in [0.2, 0.25) is 0 Å². The predicted octanol–water partition coefficient (Wildman–Crippen LogP) is 3.76. The summed E-state index contributed by atoms with van der Waals surface area (Å²) in [6, 6.07) is 4.41. The van der Waals surface area contributed by atoms with Crippen LogP contribution in [0.2, 0.25) is 0 Å². The maximum absolute atomic E-state index is 5.50. The molecule has 0 radical (unpaired) electrons. The number of nitrogens with one attached hydrogen (secondary N) is 1. The third-order valence-corrected chi connectivity index (χ3v) is 2.95. The smallest absolute Gasteiger partial charge is 0.120 e. The molecule has 0 aliphatic carbocycles. The summed E-state index contributed by atoms with van der Waals surface area (Å²) < 4.78 is 5.50. The van der Waals surface area contributed by atoms with E-state index in [1.54, 1.807) is 6.26 Å². The monoisotopic (exact) mass is 209 g/mol. The summed E-state index contributed by atoms with van der Waals surface area (Å²) in [7, 11) is 2.02. The molecule has 2 nitrogen and oxygen atoms in total. The minimum atomic E-state index is 0.375. The first-order valence-electron chi connectivity index (χ1n) is 6.04. The van der Waals surface area contributed by atoms with Crippen LogP contribution in [0.1, 0.15) is 51.3 Å². The largest absolute Gasteiger partial charge is 0.468 e. The van der Waals surface area contributed by atoms with Crippen LogP contribution in [0, 0.1) is 5.92 Å². The molecule has 0 saturated heterocycles. The van der Waals surface area contributed by atoms with E-state index in [9.17, 15) is 0 Å². The van der Waals surface area contributed by atoms with Crippen LogP contribution in [0.3, 0.4) is 0 Å². The third-order valence-electron chi connectivity index (χ3n) is 2.95. The fourth-order valence-corrected chi connectivity index (χ4v) is 2.30. The fourth-order valence-electron chi connectivity index (χ4n) is 2.30. The summed E-state index contributed by atoms with van der Waals surface area (Å²) >= 11 is 0. The Morgan fingerprint density at radius 2 is 1.93 bits per heavy atom. The van der Waals surface area contributed by atoms with Gasteiger partial charge >= 0.3 is 0 Å². The molecule has 86 valence electrons. The molecular formula is C13H23NO. The number of hydrogen-bond acceptors (Lipinski definition) is 2. The number of rotatable bonds is 7. The van der Waals surface area contributed by atoms with Crippen molar-refractivity contribution in [2.75, 3.05) is 7.05 Å². The summed E-state index contributed by atoms with van der Waals surface area (Å²) in [5.41, 5.74) is 0. The van der Waals surface area contributed by atoms with Gasteiger partial charge in [-0.25, -0.2) is 0 Å². The Morgan fingerprint density at radius 1 is 1.27 bits per heavy atom. The van der Waals surface area contributed by atoms with Crippen molar-refractivity contribution in [2.45, 2.75) is 45.6 Å². The van der Waals surface area contributed by atoms with Crippen molar-refractivity contribution in [1.82, 2.24) is 5.32 Å². The molecule has 1 rings (SSSR count). The van der Waals surface area contributed by atoms with Gasteiger partial charge in [-0.15, -0.1) is 0 Å². The van der Waals surface area contributed by atoms with Crippen LogP contribution in [-0.4, -0.2) is 7.05 Å². The van der Waals surface area contributed by atoms with Gasteiger partial charge in [0.25, 0.3) is 0 Å². The minimum absolute atomic E-state index is 0.375. The third kappa shape index (κ3) is 3.38. The molecule has 0 aliphatic rings. The lowest BCUT2D eigenvalue weighted by atomic mass is 9.89. The van der Waals surface area contributed by atoms with Gasteiger partial charge in [-0.3, -0.25) is 0 Å². The van der Waals surface area contributed by atoms with Gasteiger partial charge in [0.1, 0.15) is 5.76 Å². The first-order chi connectivity index (χ1) is 7.33. The SMILES string of the molecule is CCCC(CCC)C(NC)c1ccco1. The van der Waals surface area contributed by atoms with Gasteiger partial charge in [0, 0.05) is 0 Å². The van der Waals surface area contributed by atoms with Gasteiger partial charge < -0.3 is 9.73 Å². The zero-order valence-corrected chi connectivity index (χ0v) is 10.1. The topological polar surface area (TPSA) is 25.2 Å². The van der Waals surface area contributed by atoms with Crippen molar-refractivity contribution in [3.05, 3.63) is 24.2 Å². The molecule has 2 heteroatoms. The molecule has 0 amide bonds. The summed E-state index contributed by atoms with van der Waals surface area (Å²) in [4.78, 5) is 0. The van der Waals surface area contributed by atoms with Gasteiger partial charge in [0.15, 0.2) is 0 Å². The Labute approximate surface area is 93.1 Å². The molecule has 1 aromatic heterocycles. The first-order valence-corrected chi connectivity index (χ1v) is 6.04. The maximum atomic E-state index is 5.50. The summed E-state index contributed by atoms with van der Waals surface area (Å²) in [5, 5.41) is 3.38. The Bertz CT molecular complexity index is 237. The molecule has 15 heavy (non-hydrogen) atoms. The Kier molecular flexibility index (Phi) is 5.48. The molecule has 1 heterocycles. The summed E-state index contributed by atoms with van der Waals surface area (Å²) in [6.45, 7) is 4.50. The van der Waals surface area contributed by atoms with Crippen LogP contribution >= 0.6 is 0 Å². The lowest BCUT2D eigenvalue weighted by molar-refractivity contribution is 0.289. The average molecular weight is 209 g/mol. The second-order valence-electron chi connectivity index (χ2n) is 4.12. The van der Waals surface area contributed by atoms with E-state index in [1.165, 1.54) is 25.7 Å². The van der Waals surface area contributed by atoms with E-state index in [4.69, 9.17) is 4.42 Å². The average Bonchev–Trinajstić information content (AvgIpc) is 2.73. The Hall–Kier alpha value is -0.760. The van der Waals surface area contributed by atoms with E-state index < -0.39 is 0 Å². The highest BCUT2D eigenvalue weighted by Crippen LogP contribution is 2.29. The highest BCUT2D eigenvalue weighted by Gasteiger charge is 2.22. The zero-order chi connectivity index (χ0) is 11.1. The van der Waals surface area contributed by atoms with Gasteiger partial charge in [0.05, 0.1) is 12.3 Å². The summed E-state index contributed by atoms with van der Waals surface area (Å²) in [5.74, 6) is 1.76. The van der Waals surface area contributed by atoms with Crippen molar-refractivity contribution in [2.24, 2.45) is 5.92 Å². The van der Waals surface area contributed by atoms with Crippen molar-refractivity contribution in [1.29, 1.82) is 0 Å². The van der Waals surface area contributed by atoms with Crippen molar-refractivity contribution in [3.63, 3.8) is 0 Å². The van der Waals surface area contributed by atoms with Crippen molar-refractivity contribution >= 4 is 0 Å². The molecular weight excluding hydrogens is 186 g/mol. The molecule has 1 atom stereocenters. The van der Waals surface area contributed by atoms with Crippen LogP contribution in [-0.2, 0) is 0 Å². The van der Waals surface area contributed by atoms with E-state index in [0.717, 1.165) is 5.76 Å². The normalized spacial score (nSPS) is 13.3. The van der Waals surface area contributed by atoms with E-state index in [-0.39, 0.29) is 0 Å². The second kappa shape index (κ2) is 6.67. The minimum Gasteiger partial charge on any atom is -0.468 e. The Morgan fingerprint density at radius 3 is 2.33 bits per heavy atom. The van der Waals surface area contributed by atoms with E-state index in [0.29, 0.717) is 12.0 Å². The standard InChI is InChI=1S/C13H23NO/c1-4-7-11(8-5-2)13(14-3)12-9-6-10-15-12/h6,9-11,13-14H,4-5,7-8H2,1-3H3. The van der Waals surface area contributed by atoms with Crippen LogP contribution in [0.4, 0.5) is 0 Å². The predicted molar refractivity (Wildman–Crippen MR) is 63.8 cm³/mol. The van der Waals surface area contributed by atoms with Gasteiger partial charge in [-0.05, 0) is 37.9 Å². The highest BCUT2D eigenvalue weighted by molar-refractivity contribution is 5.05. The quantitative estimate of drug-likeness (QED) is 0.739. The highest BCUT2D eigenvalue weighted by atomic mass is 16.3. The molecule has 1 N–H and O–H groups in total. The lowest BCUT2D eigenvalue weighted by Gasteiger charge is -2.24. The van der Waals surface area contributed by atoms with Crippen LogP contribution < -0.4 is 5.32 Å². The molecule has 0 fully saturated rings. The van der Waals surface area contributed by atoms with Gasteiger partial charge in [-0.2, -0.15) is 0 Å². The van der Waals surface area contributed by atoms with Crippen molar-refractivity contribution < 1.29 is 4.42 Å². The van der Waals surface area contributed by atoms with Crippen LogP contribution in [0.25, 0.3) is 0 Å². The molecule has 0 bridgehead atoms. The first kappa shape index (κ1) is 12.3. The fraction of sp³-hybridized carbons (Fsp3) is 0.692. The summed E-state index contributed by atoms with van der Waals surface area (Å²) in [6.07, 6.45) is 6.77. The van der Waals surface area contributed by atoms with E-state index >= 15 is 0 Å². The number of hydrogen-bond donors (Lipinski definition) is 1.